The van der Waals surface area contributed by atoms with Crippen LogP contribution in [0.2, 0.25) is 0 Å². The van der Waals surface area contributed by atoms with E-state index in [0.29, 0.717) is 13.2 Å². The number of aromatic amines is 1. The van der Waals surface area contributed by atoms with E-state index in [0.717, 1.165) is 35.4 Å². The monoisotopic (exact) mass is 247 g/mol. The number of rotatable bonds is 2. The molecule has 0 saturated carbocycles. The highest BCUT2D eigenvalue weighted by molar-refractivity contribution is 5.77. The van der Waals surface area contributed by atoms with E-state index in [1.165, 1.54) is 0 Å². The first kappa shape index (κ1) is 11.5. The van der Waals surface area contributed by atoms with E-state index in [2.05, 4.69) is 9.97 Å². The zero-order chi connectivity index (χ0) is 12.6. The summed E-state index contributed by atoms with van der Waals surface area (Å²) in [5, 5.41) is 0. The average Bonchev–Trinajstić information content (AvgIpc) is 2.83. The van der Waals surface area contributed by atoms with Gasteiger partial charge in [0.2, 0.25) is 0 Å². The van der Waals surface area contributed by atoms with Crippen molar-refractivity contribution < 1.29 is 9.47 Å². The van der Waals surface area contributed by atoms with Gasteiger partial charge in [-0.15, -0.1) is 0 Å². The number of aromatic nitrogens is 2. The van der Waals surface area contributed by atoms with Crippen molar-refractivity contribution >= 4 is 11.0 Å². The molecule has 5 nitrogen and oxygen atoms in total. The molecule has 1 saturated heterocycles. The van der Waals surface area contributed by atoms with E-state index in [-0.39, 0.29) is 0 Å². The molecule has 1 aromatic carbocycles. The number of hydrogen-bond acceptors (Lipinski definition) is 4. The highest BCUT2D eigenvalue weighted by atomic mass is 16.5. The minimum Gasteiger partial charge on any atom is -0.497 e. The summed E-state index contributed by atoms with van der Waals surface area (Å²) in [5.74, 6) is 1.66. The van der Waals surface area contributed by atoms with Gasteiger partial charge in [-0.1, -0.05) is 0 Å². The maximum absolute atomic E-state index is 6.41. The molecule has 3 N–H and O–H groups in total. The molecule has 5 heteroatoms. The second-order valence-electron chi connectivity index (χ2n) is 4.74. The van der Waals surface area contributed by atoms with Crippen LogP contribution in [0.5, 0.6) is 5.75 Å². The fourth-order valence-electron chi connectivity index (χ4n) is 2.32. The number of fused-ring (bicyclic) bond motifs is 1. The van der Waals surface area contributed by atoms with Crippen molar-refractivity contribution in [2.75, 3.05) is 20.3 Å². The molecular weight excluding hydrogens is 230 g/mol. The summed E-state index contributed by atoms with van der Waals surface area (Å²) in [6, 6.07) is 5.78. The van der Waals surface area contributed by atoms with Gasteiger partial charge in [0.1, 0.15) is 11.6 Å². The second kappa shape index (κ2) is 4.26. The van der Waals surface area contributed by atoms with Crippen molar-refractivity contribution in [3.63, 3.8) is 0 Å². The molecule has 0 unspecified atom stereocenters. The van der Waals surface area contributed by atoms with Gasteiger partial charge in [0.15, 0.2) is 0 Å². The lowest BCUT2D eigenvalue weighted by Crippen LogP contribution is -2.43. The fraction of sp³-hybridized carbons (Fsp3) is 0.462. The molecule has 96 valence electrons. The number of hydrogen-bond donors (Lipinski definition) is 2. The third-order valence-electron chi connectivity index (χ3n) is 3.55. The lowest BCUT2D eigenvalue weighted by Gasteiger charge is -2.31. The maximum Gasteiger partial charge on any atom is 0.127 e. The molecule has 0 atom stereocenters. The summed E-state index contributed by atoms with van der Waals surface area (Å²) < 4.78 is 10.6. The smallest absolute Gasteiger partial charge is 0.127 e. The number of methoxy groups -OCH3 is 1. The number of nitrogens with two attached hydrogens (primary N) is 1. The van der Waals surface area contributed by atoms with Crippen LogP contribution in [-0.4, -0.2) is 30.3 Å². The Balaban J connectivity index is 2.02. The minimum absolute atomic E-state index is 0.398. The summed E-state index contributed by atoms with van der Waals surface area (Å²) in [5.41, 5.74) is 7.89. The van der Waals surface area contributed by atoms with Crippen molar-refractivity contribution in [3.8, 4) is 5.75 Å². The van der Waals surface area contributed by atoms with Crippen LogP contribution in [0.4, 0.5) is 0 Å². The normalized spacial score (nSPS) is 19.0. The van der Waals surface area contributed by atoms with E-state index in [1.807, 2.05) is 18.2 Å². The number of nitrogens with zero attached hydrogens (tertiary/aromatic N) is 1. The molecule has 3 rings (SSSR count). The molecule has 0 amide bonds. The van der Waals surface area contributed by atoms with Crippen LogP contribution in [0.1, 0.15) is 18.7 Å². The number of ether oxygens (including phenoxy) is 2. The fourth-order valence-corrected chi connectivity index (χ4v) is 2.32. The van der Waals surface area contributed by atoms with Gasteiger partial charge in [0, 0.05) is 19.3 Å². The Bertz CT molecular complexity index is 558. The zero-order valence-electron chi connectivity index (χ0n) is 10.4. The summed E-state index contributed by atoms with van der Waals surface area (Å²) >= 11 is 0. The molecular formula is C13H17N3O2. The second-order valence-corrected chi connectivity index (χ2v) is 4.74. The van der Waals surface area contributed by atoms with Gasteiger partial charge in [0.25, 0.3) is 0 Å². The van der Waals surface area contributed by atoms with E-state index in [1.54, 1.807) is 7.11 Å². The zero-order valence-corrected chi connectivity index (χ0v) is 10.4. The van der Waals surface area contributed by atoms with Gasteiger partial charge in [-0.05, 0) is 25.0 Å². The first-order valence-corrected chi connectivity index (χ1v) is 6.12. The van der Waals surface area contributed by atoms with Crippen molar-refractivity contribution in [1.82, 2.24) is 9.97 Å². The summed E-state index contributed by atoms with van der Waals surface area (Å²) in [6.45, 7) is 1.38. The highest BCUT2D eigenvalue weighted by Gasteiger charge is 2.33. The quantitative estimate of drug-likeness (QED) is 0.844. The first-order valence-electron chi connectivity index (χ1n) is 6.12. The van der Waals surface area contributed by atoms with Crippen LogP contribution in [0.15, 0.2) is 18.2 Å². The minimum atomic E-state index is -0.398. The number of H-pyrrole nitrogens is 1. The third-order valence-corrected chi connectivity index (χ3v) is 3.55. The highest BCUT2D eigenvalue weighted by Crippen LogP contribution is 2.29. The SMILES string of the molecule is COc1ccc2nc(C3(N)CCOCC3)[nH]c2c1. The first-order chi connectivity index (χ1) is 8.71. The van der Waals surface area contributed by atoms with Crippen molar-refractivity contribution in [1.29, 1.82) is 0 Å². The van der Waals surface area contributed by atoms with Gasteiger partial charge in [-0.2, -0.15) is 0 Å². The Morgan fingerprint density at radius 3 is 2.89 bits per heavy atom. The van der Waals surface area contributed by atoms with E-state index < -0.39 is 5.54 Å². The van der Waals surface area contributed by atoms with E-state index in [9.17, 15) is 0 Å². The molecule has 0 radical (unpaired) electrons. The molecule has 18 heavy (non-hydrogen) atoms. The molecule has 1 fully saturated rings. The topological polar surface area (TPSA) is 73.2 Å². The van der Waals surface area contributed by atoms with Crippen molar-refractivity contribution in [2.24, 2.45) is 5.73 Å². The number of nitrogens with one attached hydrogen (secondary N) is 1. The Hall–Kier alpha value is -1.59. The van der Waals surface area contributed by atoms with Crippen molar-refractivity contribution in [3.05, 3.63) is 24.0 Å². The van der Waals surface area contributed by atoms with Crippen LogP contribution in [0.25, 0.3) is 11.0 Å². The Morgan fingerprint density at radius 1 is 1.39 bits per heavy atom. The standard InChI is InChI=1S/C13H17N3O2/c1-17-9-2-3-10-11(8-9)16-12(15-10)13(14)4-6-18-7-5-13/h2-3,8H,4-7,14H2,1H3,(H,15,16). The van der Waals surface area contributed by atoms with Gasteiger partial charge in [-0.3, -0.25) is 0 Å². The molecule has 0 spiro atoms. The Kier molecular flexibility index (Phi) is 2.72. The van der Waals surface area contributed by atoms with Gasteiger partial charge in [0.05, 0.1) is 23.7 Å². The third kappa shape index (κ3) is 1.85. The van der Waals surface area contributed by atoms with Crippen LogP contribution >= 0.6 is 0 Å². The molecule has 2 heterocycles. The van der Waals surface area contributed by atoms with E-state index >= 15 is 0 Å². The Labute approximate surface area is 105 Å². The summed E-state index contributed by atoms with van der Waals surface area (Å²) in [6.07, 6.45) is 1.59. The van der Waals surface area contributed by atoms with Gasteiger partial charge in [-0.25, -0.2) is 4.98 Å². The molecule has 1 aromatic heterocycles. The maximum atomic E-state index is 6.41. The molecule has 1 aliphatic heterocycles. The lowest BCUT2D eigenvalue weighted by molar-refractivity contribution is 0.0496. The molecule has 0 aliphatic carbocycles. The number of imidazole rings is 1. The lowest BCUT2D eigenvalue weighted by atomic mass is 9.91. The summed E-state index contributed by atoms with van der Waals surface area (Å²) in [4.78, 5) is 7.90. The van der Waals surface area contributed by atoms with Crippen LogP contribution in [0, 0.1) is 0 Å². The van der Waals surface area contributed by atoms with Crippen LogP contribution < -0.4 is 10.5 Å². The molecule has 0 bridgehead atoms. The molecule has 2 aromatic rings. The van der Waals surface area contributed by atoms with Crippen LogP contribution in [-0.2, 0) is 10.3 Å². The largest absolute Gasteiger partial charge is 0.497 e. The number of benzene rings is 1. The van der Waals surface area contributed by atoms with Gasteiger partial charge < -0.3 is 20.2 Å². The average molecular weight is 247 g/mol. The predicted octanol–water partition coefficient (Wildman–Crippen LogP) is 1.54. The Morgan fingerprint density at radius 2 is 2.17 bits per heavy atom. The van der Waals surface area contributed by atoms with Crippen LogP contribution in [0.3, 0.4) is 0 Å². The predicted molar refractivity (Wildman–Crippen MR) is 68.6 cm³/mol. The molecule has 1 aliphatic rings. The summed E-state index contributed by atoms with van der Waals surface area (Å²) in [7, 11) is 1.65. The van der Waals surface area contributed by atoms with E-state index in [4.69, 9.17) is 15.2 Å². The van der Waals surface area contributed by atoms with Gasteiger partial charge >= 0.3 is 0 Å². The van der Waals surface area contributed by atoms with Crippen molar-refractivity contribution in [2.45, 2.75) is 18.4 Å².